The average Bonchev–Trinajstić information content (AvgIpc) is 2.34. The minimum absolute atomic E-state index is 0.0998. The van der Waals surface area contributed by atoms with Crippen LogP contribution in [0.5, 0.6) is 0 Å². The predicted octanol–water partition coefficient (Wildman–Crippen LogP) is 1.47. The standard InChI is InChI=1S/C12H15ClN2O4/c1-4-18-8(3)11-9(13)6-14-15(12(11)17)7-10(16)19-5-2/h6H,3-5,7H2,1-2H3. The first-order chi connectivity index (χ1) is 9.01. The first-order valence-electron chi connectivity index (χ1n) is 5.74. The molecule has 1 heterocycles. The van der Waals surface area contributed by atoms with Crippen LogP contribution in [0.25, 0.3) is 5.76 Å². The lowest BCUT2D eigenvalue weighted by Gasteiger charge is -2.10. The van der Waals surface area contributed by atoms with E-state index in [-0.39, 0.29) is 29.5 Å². The summed E-state index contributed by atoms with van der Waals surface area (Å²) in [5.74, 6) is -0.398. The smallest absolute Gasteiger partial charge is 0.327 e. The van der Waals surface area contributed by atoms with Crippen LogP contribution in [0.15, 0.2) is 17.6 Å². The number of halogens is 1. The van der Waals surface area contributed by atoms with Crippen molar-refractivity contribution in [2.45, 2.75) is 20.4 Å². The predicted molar refractivity (Wildman–Crippen MR) is 70.8 cm³/mol. The third-order valence-electron chi connectivity index (χ3n) is 2.18. The van der Waals surface area contributed by atoms with Crippen molar-refractivity contribution in [3.8, 4) is 0 Å². The van der Waals surface area contributed by atoms with Crippen LogP contribution in [0.4, 0.5) is 0 Å². The maximum absolute atomic E-state index is 12.1. The third-order valence-corrected chi connectivity index (χ3v) is 2.47. The Morgan fingerprint density at radius 1 is 1.42 bits per heavy atom. The van der Waals surface area contributed by atoms with Gasteiger partial charge in [-0.25, -0.2) is 4.68 Å². The van der Waals surface area contributed by atoms with Gasteiger partial charge in [0.15, 0.2) is 0 Å². The highest BCUT2D eigenvalue weighted by Gasteiger charge is 2.16. The zero-order valence-electron chi connectivity index (χ0n) is 10.8. The fourth-order valence-corrected chi connectivity index (χ4v) is 1.64. The number of rotatable bonds is 6. The van der Waals surface area contributed by atoms with Gasteiger partial charge in [-0.2, -0.15) is 5.10 Å². The molecule has 0 saturated heterocycles. The van der Waals surface area contributed by atoms with Crippen LogP contribution >= 0.6 is 11.6 Å². The molecular formula is C12H15ClN2O4. The first-order valence-corrected chi connectivity index (χ1v) is 6.12. The van der Waals surface area contributed by atoms with Crippen LogP contribution < -0.4 is 5.56 Å². The van der Waals surface area contributed by atoms with E-state index in [9.17, 15) is 9.59 Å². The molecule has 0 aliphatic heterocycles. The fourth-order valence-electron chi connectivity index (χ4n) is 1.41. The highest BCUT2D eigenvalue weighted by Crippen LogP contribution is 2.18. The molecule has 0 aliphatic carbocycles. The number of ether oxygens (including phenoxy) is 2. The molecule has 0 N–H and O–H groups in total. The van der Waals surface area contributed by atoms with Crippen LogP contribution in [-0.4, -0.2) is 29.0 Å². The highest BCUT2D eigenvalue weighted by atomic mass is 35.5. The van der Waals surface area contributed by atoms with Crippen molar-refractivity contribution < 1.29 is 14.3 Å². The van der Waals surface area contributed by atoms with Crippen molar-refractivity contribution in [3.05, 3.63) is 33.7 Å². The average molecular weight is 287 g/mol. The van der Waals surface area contributed by atoms with E-state index in [0.717, 1.165) is 4.68 Å². The molecule has 0 unspecified atom stereocenters. The van der Waals surface area contributed by atoms with Crippen LogP contribution in [-0.2, 0) is 20.8 Å². The molecule has 0 spiro atoms. The van der Waals surface area contributed by atoms with Gasteiger partial charge < -0.3 is 9.47 Å². The monoisotopic (exact) mass is 286 g/mol. The summed E-state index contributed by atoms with van der Waals surface area (Å²) in [6, 6.07) is 0. The van der Waals surface area contributed by atoms with Crippen molar-refractivity contribution >= 4 is 23.3 Å². The molecular weight excluding hydrogens is 272 g/mol. The summed E-state index contributed by atoms with van der Waals surface area (Å²) in [7, 11) is 0. The van der Waals surface area contributed by atoms with Crippen LogP contribution in [0, 0.1) is 0 Å². The summed E-state index contributed by atoms with van der Waals surface area (Å²) in [4.78, 5) is 23.5. The second-order valence-corrected chi connectivity index (χ2v) is 3.90. The van der Waals surface area contributed by atoms with E-state index in [4.69, 9.17) is 21.1 Å². The molecule has 0 amide bonds. The Labute approximate surface area is 115 Å². The maximum Gasteiger partial charge on any atom is 0.327 e. The van der Waals surface area contributed by atoms with E-state index in [1.807, 2.05) is 0 Å². The molecule has 1 rings (SSSR count). The molecule has 0 atom stereocenters. The first kappa shape index (κ1) is 15.2. The lowest BCUT2D eigenvalue weighted by Crippen LogP contribution is -2.30. The van der Waals surface area contributed by atoms with Crippen molar-refractivity contribution in [3.63, 3.8) is 0 Å². The largest absolute Gasteiger partial charge is 0.494 e. The van der Waals surface area contributed by atoms with Crippen molar-refractivity contribution in [1.29, 1.82) is 0 Å². The molecule has 1 aromatic heterocycles. The van der Waals surface area contributed by atoms with Gasteiger partial charge in [0.05, 0.1) is 24.4 Å². The molecule has 19 heavy (non-hydrogen) atoms. The Hall–Kier alpha value is -1.82. The molecule has 0 fully saturated rings. The molecule has 6 nitrogen and oxygen atoms in total. The SMILES string of the molecule is C=C(OCC)c1c(Cl)cnn(CC(=O)OCC)c1=O. The van der Waals surface area contributed by atoms with Gasteiger partial charge in [-0.1, -0.05) is 18.2 Å². The fraction of sp³-hybridized carbons (Fsp3) is 0.417. The lowest BCUT2D eigenvalue weighted by atomic mass is 10.2. The van der Waals surface area contributed by atoms with E-state index in [1.54, 1.807) is 13.8 Å². The normalized spacial score (nSPS) is 10.1. The van der Waals surface area contributed by atoms with Crippen LogP contribution in [0.3, 0.4) is 0 Å². The summed E-state index contributed by atoms with van der Waals surface area (Å²) < 4.78 is 10.9. The molecule has 0 radical (unpaired) electrons. The number of esters is 1. The van der Waals surface area contributed by atoms with Gasteiger partial charge in [-0.15, -0.1) is 0 Å². The molecule has 0 bridgehead atoms. The van der Waals surface area contributed by atoms with Gasteiger partial charge in [0.25, 0.3) is 5.56 Å². The second-order valence-electron chi connectivity index (χ2n) is 3.49. The maximum atomic E-state index is 12.1. The van der Waals surface area contributed by atoms with E-state index in [2.05, 4.69) is 11.7 Å². The van der Waals surface area contributed by atoms with Crippen LogP contribution in [0.2, 0.25) is 5.02 Å². The summed E-state index contributed by atoms with van der Waals surface area (Å²) in [6.07, 6.45) is 1.27. The quantitative estimate of drug-likeness (QED) is 0.585. The Bertz CT molecular complexity index is 539. The zero-order valence-corrected chi connectivity index (χ0v) is 11.6. The topological polar surface area (TPSA) is 70.4 Å². The molecule has 7 heteroatoms. The third kappa shape index (κ3) is 3.82. The van der Waals surface area contributed by atoms with Gasteiger partial charge >= 0.3 is 5.97 Å². The molecule has 0 aromatic carbocycles. The van der Waals surface area contributed by atoms with Gasteiger partial charge in [-0.3, -0.25) is 9.59 Å². The second kappa shape index (κ2) is 6.94. The van der Waals surface area contributed by atoms with Gasteiger partial charge in [0, 0.05) is 0 Å². The number of carbonyl (C=O) groups is 1. The van der Waals surface area contributed by atoms with Crippen molar-refractivity contribution in [2.75, 3.05) is 13.2 Å². The van der Waals surface area contributed by atoms with E-state index < -0.39 is 11.5 Å². The summed E-state index contributed by atoms with van der Waals surface area (Å²) >= 11 is 5.90. The van der Waals surface area contributed by atoms with Gasteiger partial charge in [0.2, 0.25) is 0 Å². The molecule has 0 saturated carbocycles. The zero-order chi connectivity index (χ0) is 14.4. The van der Waals surface area contributed by atoms with E-state index in [0.29, 0.717) is 6.61 Å². The molecule has 1 aromatic rings. The molecule has 104 valence electrons. The summed E-state index contributed by atoms with van der Waals surface area (Å²) in [6.45, 7) is 7.38. The number of aromatic nitrogens is 2. The minimum Gasteiger partial charge on any atom is -0.494 e. The summed E-state index contributed by atoms with van der Waals surface area (Å²) in [5.41, 5.74) is -0.443. The molecule has 0 aliphatic rings. The number of nitrogens with zero attached hydrogens (tertiary/aromatic N) is 2. The van der Waals surface area contributed by atoms with E-state index >= 15 is 0 Å². The van der Waals surface area contributed by atoms with Crippen LogP contribution in [0.1, 0.15) is 19.4 Å². The van der Waals surface area contributed by atoms with Crippen molar-refractivity contribution in [1.82, 2.24) is 9.78 Å². The Kier molecular flexibility index (Phi) is 5.57. The van der Waals surface area contributed by atoms with Gasteiger partial charge in [-0.05, 0) is 13.8 Å². The minimum atomic E-state index is -0.549. The Balaban J connectivity index is 3.10. The number of hydrogen-bond donors (Lipinski definition) is 0. The number of hydrogen-bond acceptors (Lipinski definition) is 5. The summed E-state index contributed by atoms with van der Waals surface area (Å²) in [5, 5.41) is 3.91. The Morgan fingerprint density at radius 2 is 2.05 bits per heavy atom. The van der Waals surface area contributed by atoms with Gasteiger partial charge in [0.1, 0.15) is 17.9 Å². The highest BCUT2D eigenvalue weighted by molar-refractivity contribution is 6.32. The Morgan fingerprint density at radius 3 is 2.63 bits per heavy atom. The number of carbonyl (C=O) groups excluding carboxylic acids is 1. The van der Waals surface area contributed by atoms with E-state index in [1.165, 1.54) is 6.20 Å². The van der Waals surface area contributed by atoms with Crippen molar-refractivity contribution in [2.24, 2.45) is 0 Å². The lowest BCUT2D eigenvalue weighted by molar-refractivity contribution is -0.144.